The van der Waals surface area contributed by atoms with Crippen molar-refractivity contribution in [1.29, 1.82) is 0 Å². The highest BCUT2D eigenvalue weighted by Gasteiger charge is 2.38. The highest BCUT2D eigenvalue weighted by Crippen LogP contribution is 2.41. The van der Waals surface area contributed by atoms with Crippen LogP contribution in [0, 0.1) is 5.41 Å². The third-order valence-electron chi connectivity index (χ3n) is 5.72. The van der Waals surface area contributed by atoms with E-state index >= 15 is 0 Å². The smallest absolute Gasteiger partial charge is 0.263 e. The van der Waals surface area contributed by atoms with Crippen LogP contribution in [0.3, 0.4) is 0 Å². The van der Waals surface area contributed by atoms with Crippen molar-refractivity contribution in [2.75, 3.05) is 26.2 Å². The van der Waals surface area contributed by atoms with Gasteiger partial charge in [0.1, 0.15) is 5.76 Å². The highest BCUT2D eigenvalue weighted by atomic mass is 32.1. The summed E-state index contributed by atoms with van der Waals surface area (Å²) in [6.45, 7) is 5.02. The molecule has 0 aliphatic carbocycles. The van der Waals surface area contributed by atoms with E-state index < -0.39 is 0 Å². The normalized spacial score (nSPS) is 21.2. The standard InChI is InChI=1S/C19H24N2O2S/c22-18(17-4-2-14-24-17)21-11-7-19(8-12-21)5-9-20(10-6-19)15-16-3-1-13-23-16/h1-4,13-14H,5-12,15H2. The number of hydrogen-bond donors (Lipinski definition) is 0. The summed E-state index contributed by atoms with van der Waals surface area (Å²) in [5, 5.41) is 1.98. The third-order valence-corrected chi connectivity index (χ3v) is 6.58. The lowest BCUT2D eigenvalue weighted by Crippen LogP contribution is -2.48. The SMILES string of the molecule is O=C(c1cccs1)N1CCC2(CCN(Cc3ccco3)CC2)CC1. The molecular formula is C19H24N2O2S. The molecule has 0 aromatic carbocycles. The van der Waals surface area contributed by atoms with E-state index in [1.165, 1.54) is 12.8 Å². The monoisotopic (exact) mass is 344 g/mol. The van der Waals surface area contributed by atoms with Gasteiger partial charge >= 0.3 is 0 Å². The molecule has 1 spiro atoms. The number of amides is 1. The van der Waals surface area contributed by atoms with Gasteiger partial charge in [-0.05, 0) is 67.8 Å². The number of hydrogen-bond acceptors (Lipinski definition) is 4. The number of piperidine rings is 2. The fourth-order valence-electron chi connectivity index (χ4n) is 4.05. The molecule has 0 bridgehead atoms. The molecule has 5 heteroatoms. The Morgan fingerprint density at radius 3 is 2.46 bits per heavy atom. The number of furan rings is 1. The van der Waals surface area contributed by atoms with Crippen LogP contribution in [0.1, 0.15) is 41.1 Å². The maximum absolute atomic E-state index is 12.5. The Morgan fingerprint density at radius 2 is 1.83 bits per heavy atom. The van der Waals surface area contributed by atoms with Crippen LogP contribution in [0.15, 0.2) is 40.3 Å². The predicted octanol–water partition coefficient (Wildman–Crippen LogP) is 3.86. The summed E-state index contributed by atoms with van der Waals surface area (Å²) < 4.78 is 5.46. The van der Waals surface area contributed by atoms with Crippen LogP contribution in [0.2, 0.25) is 0 Å². The number of nitrogens with zero attached hydrogens (tertiary/aromatic N) is 2. The molecule has 24 heavy (non-hydrogen) atoms. The maximum atomic E-state index is 12.5. The lowest BCUT2D eigenvalue weighted by molar-refractivity contribution is 0.0273. The van der Waals surface area contributed by atoms with Crippen molar-refractivity contribution in [3.63, 3.8) is 0 Å². The largest absolute Gasteiger partial charge is 0.468 e. The third kappa shape index (κ3) is 3.28. The molecule has 2 fully saturated rings. The number of likely N-dealkylation sites (tertiary alicyclic amines) is 2. The molecule has 1 amide bonds. The van der Waals surface area contributed by atoms with Crippen LogP contribution >= 0.6 is 11.3 Å². The molecule has 2 aromatic heterocycles. The Kier molecular flexibility index (Phi) is 4.46. The summed E-state index contributed by atoms with van der Waals surface area (Å²) in [5.41, 5.74) is 0.450. The Bertz CT molecular complexity index is 648. The summed E-state index contributed by atoms with van der Waals surface area (Å²) in [7, 11) is 0. The van der Waals surface area contributed by atoms with E-state index in [9.17, 15) is 4.79 Å². The van der Waals surface area contributed by atoms with Gasteiger partial charge in [0.15, 0.2) is 0 Å². The molecule has 0 atom stereocenters. The van der Waals surface area contributed by atoms with Gasteiger partial charge in [-0.3, -0.25) is 9.69 Å². The number of rotatable bonds is 3. The van der Waals surface area contributed by atoms with Crippen LogP contribution < -0.4 is 0 Å². The molecule has 4 nitrogen and oxygen atoms in total. The molecule has 0 N–H and O–H groups in total. The Balaban J connectivity index is 1.29. The van der Waals surface area contributed by atoms with E-state index in [0.29, 0.717) is 5.41 Å². The quantitative estimate of drug-likeness (QED) is 0.848. The van der Waals surface area contributed by atoms with E-state index in [1.807, 2.05) is 28.5 Å². The lowest BCUT2D eigenvalue weighted by Gasteiger charge is -2.46. The molecule has 2 aliphatic heterocycles. The minimum Gasteiger partial charge on any atom is -0.468 e. The topological polar surface area (TPSA) is 36.7 Å². The van der Waals surface area contributed by atoms with Crippen LogP contribution in [0.25, 0.3) is 0 Å². The first-order valence-corrected chi connectivity index (χ1v) is 9.70. The van der Waals surface area contributed by atoms with E-state index in [1.54, 1.807) is 17.6 Å². The fourth-order valence-corrected chi connectivity index (χ4v) is 4.74. The maximum Gasteiger partial charge on any atom is 0.263 e. The Hall–Kier alpha value is -1.59. The minimum absolute atomic E-state index is 0.218. The van der Waals surface area contributed by atoms with Crippen molar-refractivity contribution in [2.24, 2.45) is 5.41 Å². The highest BCUT2D eigenvalue weighted by molar-refractivity contribution is 7.12. The summed E-state index contributed by atoms with van der Waals surface area (Å²) in [4.78, 5) is 17.9. The molecule has 0 radical (unpaired) electrons. The molecular weight excluding hydrogens is 320 g/mol. The van der Waals surface area contributed by atoms with Crippen molar-refractivity contribution < 1.29 is 9.21 Å². The van der Waals surface area contributed by atoms with Crippen molar-refractivity contribution in [1.82, 2.24) is 9.80 Å². The number of carbonyl (C=O) groups excluding carboxylic acids is 1. The van der Waals surface area contributed by atoms with Gasteiger partial charge in [-0.1, -0.05) is 6.07 Å². The lowest BCUT2D eigenvalue weighted by atomic mass is 9.71. The van der Waals surface area contributed by atoms with Crippen LogP contribution in [-0.2, 0) is 6.54 Å². The van der Waals surface area contributed by atoms with Gasteiger partial charge in [0.25, 0.3) is 5.91 Å². The Morgan fingerprint density at radius 1 is 1.08 bits per heavy atom. The number of thiophene rings is 1. The van der Waals surface area contributed by atoms with E-state index in [-0.39, 0.29) is 5.91 Å². The molecule has 0 saturated carbocycles. The van der Waals surface area contributed by atoms with Crippen LogP contribution in [-0.4, -0.2) is 41.9 Å². The Labute approximate surface area is 147 Å². The molecule has 2 aliphatic rings. The van der Waals surface area contributed by atoms with Gasteiger partial charge in [-0.2, -0.15) is 0 Å². The first-order valence-electron chi connectivity index (χ1n) is 8.82. The van der Waals surface area contributed by atoms with Gasteiger partial charge in [-0.25, -0.2) is 0 Å². The van der Waals surface area contributed by atoms with Crippen LogP contribution in [0.5, 0.6) is 0 Å². The van der Waals surface area contributed by atoms with Crippen molar-refractivity contribution in [2.45, 2.75) is 32.2 Å². The molecule has 2 saturated heterocycles. The van der Waals surface area contributed by atoms with Gasteiger partial charge in [0, 0.05) is 13.1 Å². The van der Waals surface area contributed by atoms with E-state index in [0.717, 1.165) is 56.2 Å². The minimum atomic E-state index is 0.218. The zero-order chi connectivity index (χ0) is 16.4. The molecule has 2 aromatic rings. The first kappa shape index (κ1) is 15.9. The predicted molar refractivity (Wildman–Crippen MR) is 95.1 cm³/mol. The number of carbonyl (C=O) groups is 1. The summed E-state index contributed by atoms with van der Waals surface area (Å²) in [6, 6.07) is 7.91. The van der Waals surface area contributed by atoms with Gasteiger partial charge in [0.2, 0.25) is 0 Å². The average molecular weight is 344 g/mol. The zero-order valence-corrected chi connectivity index (χ0v) is 14.8. The van der Waals surface area contributed by atoms with E-state index in [2.05, 4.69) is 11.0 Å². The summed E-state index contributed by atoms with van der Waals surface area (Å²) in [6.07, 6.45) is 6.54. The van der Waals surface area contributed by atoms with Gasteiger partial charge in [-0.15, -0.1) is 11.3 Å². The van der Waals surface area contributed by atoms with Gasteiger partial charge < -0.3 is 9.32 Å². The summed E-state index contributed by atoms with van der Waals surface area (Å²) >= 11 is 1.55. The van der Waals surface area contributed by atoms with Crippen molar-refractivity contribution in [3.8, 4) is 0 Å². The zero-order valence-electron chi connectivity index (χ0n) is 13.9. The van der Waals surface area contributed by atoms with E-state index in [4.69, 9.17) is 4.42 Å². The van der Waals surface area contributed by atoms with Crippen LogP contribution in [0.4, 0.5) is 0 Å². The molecule has 4 rings (SSSR count). The second-order valence-electron chi connectivity index (χ2n) is 7.13. The first-order chi connectivity index (χ1) is 11.7. The van der Waals surface area contributed by atoms with Gasteiger partial charge in [0.05, 0.1) is 17.7 Å². The molecule has 0 unspecified atom stereocenters. The van der Waals surface area contributed by atoms with Crippen molar-refractivity contribution in [3.05, 3.63) is 46.5 Å². The molecule has 128 valence electrons. The second-order valence-corrected chi connectivity index (χ2v) is 8.07. The second kappa shape index (κ2) is 6.73. The molecule has 4 heterocycles. The average Bonchev–Trinajstić information content (AvgIpc) is 3.31. The summed E-state index contributed by atoms with van der Waals surface area (Å²) in [5.74, 6) is 1.28. The fraction of sp³-hybridized carbons (Fsp3) is 0.526. The van der Waals surface area contributed by atoms with Crippen molar-refractivity contribution >= 4 is 17.2 Å².